The quantitative estimate of drug-likeness (QED) is 0.0435. The standard InChI is InChI=1S/C48H73N5O7/c1-31(55)27-51-28-41-39-9-6-7-34(39)14-19-42-40(41)26-43(53-42)45(58)30-59-47-23-32(13-20-44(47)57)12-18-38-25-35(29-54)46(60-38)10-5-3-2-4-8-36(49)15-17-37(56)16-11-33-21-22-52-48(50)24-33/h13,20-21,23-26,31,34,36-37,39,41,45,51-58H,2-12,14-19,22,27-30,49-50H2,1H3. The first-order valence-corrected chi connectivity index (χ1v) is 22.8. The summed E-state index contributed by atoms with van der Waals surface area (Å²) in [6.07, 6.45) is 18.5. The molecule has 332 valence electrons. The number of aryl methyl sites for hydroxylation is 4. The lowest BCUT2D eigenvalue weighted by Gasteiger charge is -2.27. The zero-order valence-electron chi connectivity index (χ0n) is 35.8. The molecule has 0 radical (unpaired) electrons. The van der Waals surface area contributed by atoms with Gasteiger partial charge >= 0.3 is 0 Å². The maximum absolute atomic E-state index is 11.3. The smallest absolute Gasteiger partial charge is 0.161 e. The first-order valence-electron chi connectivity index (χ1n) is 22.8. The summed E-state index contributed by atoms with van der Waals surface area (Å²) in [6.45, 7) is 3.85. The van der Waals surface area contributed by atoms with Gasteiger partial charge in [-0.25, -0.2) is 0 Å². The average molecular weight is 832 g/mol. The van der Waals surface area contributed by atoms with Crippen LogP contribution in [0.2, 0.25) is 0 Å². The topological polar surface area (TPSA) is 215 Å². The first-order chi connectivity index (χ1) is 29.1. The van der Waals surface area contributed by atoms with E-state index in [1.807, 2.05) is 24.3 Å². The summed E-state index contributed by atoms with van der Waals surface area (Å²) in [4.78, 5) is 3.53. The number of aliphatic hydroxyl groups excluding tert-OH is 4. The molecule has 12 N–H and O–H groups in total. The van der Waals surface area contributed by atoms with Gasteiger partial charge in [-0.3, -0.25) is 0 Å². The summed E-state index contributed by atoms with van der Waals surface area (Å²) < 4.78 is 12.3. The zero-order chi connectivity index (χ0) is 42.4. The molecule has 3 heterocycles. The SMILES string of the molecule is CC(O)CNCC1c2cc(C(O)COc3cc(CCc4cc(CO)c(CCCCCCC(N)CCC(O)CCC5=CCNC(N)=C5)o4)ccc3O)[nH]c2CCC2CCCC21. The molecule has 1 aromatic carbocycles. The number of hydrogen-bond acceptors (Lipinski definition) is 11. The van der Waals surface area contributed by atoms with Gasteiger partial charge in [0, 0.05) is 61.4 Å². The van der Waals surface area contributed by atoms with E-state index in [0.29, 0.717) is 49.2 Å². The molecule has 3 aromatic rings. The number of furan rings is 1. The maximum Gasteiger partial charge on any atom is 0.161 e. The Morgan fingerprint density at radius 2 is 1.80 bits per heavy atom. The van der Waals surface area contributed by atoms with E-state index in [-0.39, 0.29) is 31.1 Å². The minimum absolute atomic E-state index is 0.00180. The fourth-order valence-corrected chi connectivity index (χ4v) is 9.69. The summed E-state index contributed by atoms with van der Waals surface area (Å²) in [7, 11) is 0. The Labute approximate surface area is 356 Å². The summed E-state index contributed by atoms with van der Waals surface area (Å²) in [5.41, 5.74) is 18.4. The molecule has 0 bridgehead atoms. The number of aromatic nitrogens is 1. The Balaban J connectivity index is 0.908. The van der Waals surface area contributed by atoms with Crippen molar-refractivity contribution in [1.29, 1.82) is 0 Å². The number of ether oxygens (including phenoxy) is 1. The van der Waals surface area contributed by atoms with Crippen molar-refractivity contribution in [2.24, 2.45) is 23.3 Å². The van der Waals surface area contributed by atoms with Crippen LogP contribution in [0.4, 0.5) is 0 Å². The van der Waals surface area contributed by atoms with Gasteiger partial charge in [-0.2, -0.15) is 0 Å². The fourth-order valence-electron chi connectivity index (χ4n) is 9.69. The molecule has 1 aliphatic heterocycles. The molecule has 6 rings (SSSR count). The molecule has 0 spiro atoms. The van der Waals surface area contributed by atoms with Crippen LogP contribution >= 0.6 is 0 Å². The van der Waals surface area contributed by atoms with E-state index in [2.05, 4.69) is 27.8 Å². The summed E-state index contributed by atoms with van der Waals surface area (Å²) in [5.74, 6) is 4.35. The Morgan fingerprint density at radius 1 is 0.950 bits per heavy atom. The summed E-state index contributed by atoms with van der Waals surface area (Å²) in [5, 5.41) is 58.8. The highest BCUT2D eigenvalue weighted by Gasteiger charge is 2.38. The molecule has 2 aromatic heterocycles. The van der Waals surface area contributed by atoms with Gasteiger partial charge in [-0.05, 0) is 130 Å². The molecule has 1 saturated carbocycles. The van der Waals surface area contributed by atoms with Crippen LogP contribution in [0.5, 0.6) is 11.5 Å². The van der Waals surface area contributed by atoms with Gasteiger partial charge in [0.05, 0.1) is 24.6 Å². The minimum Gasteiger partial charge on any atom is -0.504 e. The average Bonchev–Trinajstić information content (AvgIpc) is 3.97. The van der Waals surface area contributed by atoms with Gasteiger partial charge in [0.1, 0.15) is 24.2 Å². The van der Waals surface area contributed by atoms with Crippen molar-refractivity contribution in [3.63, 3.8) is 0 Å². The fraction of sp³-hybridized carbons (Fsp3) is 0.625. The molecule has 7 atom stereocenters. The Bertz CT molecular complexity index is 1830. The number of nitrogens with two attached hydrogens (primary N) is 2. The lowest BCUT2D eigenvalue weighted by Crippen LogP contribution is -2.32. The predicted octanol–water partition coefficient (Wildman–Crippen LogP) is 6.19. The number of allylic oxidation sites excluding steroid dienone is 2. The van der Waals surface area contributed by atoms with Gasteiger partial charge in [0.15, 0.2) is 11.5 Å². The molecule has 7 unspecified atom stereocenters. The summed E-state index contributed by atoms with van der Waals surface area (Å²) >= 11 is 0. The van der Waals surface area contributed by atoms with Crippen LogP contribution in [0.3, 0.4) is 0 Å². The van der Waals surface area contributed by atoms with Gasteiger partial charge in [0.2, 0.25) is 0 Å². The van der Waals surface area contributed by atoms with E-state index in [0.717, 1.165) is 118 Å². The lowest BCUT2D eigenvalue weighted by molar-refractivity contribution is 0.103. The molecule has 1 fully saturated rings. The minimum atomic E-state index is -0.886. The van der Waals surface area contributed by atoms with Crippen molar-refractivity contribution < 1.29 is 34.7 Å². The third-order valence-corrected chi connectivity index (χ3v) is 13.1. The zero-order valence-corrected chi connectivity index (χ0v) is 35.8. The highest BCUT2D eigenvalue weighted by molar-refractivity contribution is 5.42. The molecular formula is C48H73N5O7. The van der Waals surface area contributed by atoms with E-state index >= 15 is 0 Å². The second-order valence-corrected chi connectivity index (χ2v) is 17.9. The number of dihydropyridines is 1. The van der Waals surface area contributed by atoms with Crippen molar-refractivity contribution in [1.82, 2.24) is 15.6 Å². The number of nitrogens with one attached hydrogen (secondary N) is 3. The number of aromatic hydroxyl groups is 1. The molecular weight excluding hydrogens is 759 g/mol. The lowest BCUT2D eigenvalue weighted by atomic mass is 9.80. The maximum atomic E-state index is 11.3. The van der Waals surface area contributed by atoms with Crippen molar-refractivity contribution >= 4 is 0 Å². The summed E-state index contributed by atoms with van der Waals surface area (Å²) in [6, 6.07) is 9.48. The number of phenolic OH excluding ortho intramolecular Hbond substituents is 1. The van der Waals surface area contributed by atoms with Gasteiger partial charge < -0.3 is 61.8 Å². The number of aliphatic hydroxyl groups is 4. The number of benzene rings is 1. The number of hydrogen-bond donors (Lipinski definition) is 10. The van der Waals surface area contributed by atoms with Crippen molar-refractivity contribution in [3.8, 4) is 11.5 Å². The van der Waals surface area contributed by atoms with Crippen LogP contribution in [0.25, 0.3) is 0 Å². The molecule has 2 aliphatic carbocycles. The van der Waals surface area contributed by atoms with E-state index in [1.165, 1.54) is 36.1 Å². The second-order valence-electron chi connectivity index (χ2n) is 17.9. The van der Waals surface area contributed by atoms with E-state index in [4.69, 9.17) is 20.6 Å². The van der Waals surface area contributed by atoms with E-state index in [9.17, 15) is 25.5 Å². The van der Waals surface area contributed by atoms with E-state index < -0.39 is 12.2 Å². The number of rotatable bonds is 25. The number of phenols is 1. The molecule has 3 aliphatic rings. The third kappa shape index (κ3) is 13.4. The van der Waals surface area contributed by atoms with Crippen LogP contribution in [0, 0.1) is 11.8 Å². The van der Waals surface area contributed by atoms with Crippen LogP contribution in [-0.2, 0) is 32.3 Å². The highest BCUT2D eigenvalue weighted by Crippen LogP contribution is 2.47. The molecule has 12 heteroatoms. The van der Waals surface area contributed by atoms with Gasteiger partial charge in [-0.1, -0.05) is 44.2 Å². The Morgan fingerprint density at radius 3 is 2.62 bits per heavy atom. The number of H-pyrrole nitrogens is 1. The van der Waals surface area contributed by atoms with Gasteiger partial charge in [0.25, 0.3) is 0 Å². The molecule has 60 heavy (non-hydrogen) atoms. The molecule has 0 saturated heterocycles. The number of unbranched alkanes of at least 4 members (excludes halogenated alkanes) is 3. The molecule has 12 nitrogen and oxygen atoms in total. The number of aromatic amines is 1. The third-order valence-electron chi connectivity index (χ3n) is 13.1. The monoisotopic (exact) mass is 832 g/mol. The van der Waals surface area contributed by atoms with Crippen molar-refractivity contribution in [3.05, 3.63) is 93.5 Å². The van der Waals surface area contributed by atoms with Crippen molar-refractivity contribution in [2.45, 2.75) is 153 Å². The first kappa shape index (κ1) is 45.7. The Kier molecular flexibility index (Phi) is 17.4. The normalized spacial score (nSPS) is 20.9. The van der Waals surface area contributed by atoms with Crippen LogP contribution in [0.15, 0.2) is 58.3 Å². The van der Waals surface area contributed by atoms with Crippen molar-refractivity contribution in [2.75, 3.05) is 26.2 Å². The highest BCUT2D eigenvalue weighted by atomic mass is 16.5. The Hall–Kier alpha value is -3.78. The van der Waals surface area contributed by atoms with Crippen LogP contribution < -0.4 is 26.8 Å². The van der Waals surface area contributed by atoms with Crippen LogP contribution in [-0.4, -0.2) is 75.0 Å². The largest absolute Gasteiger partial charge is 0.504 e. The van der Waals surface area contributed by atoms with E-state index in [1.54, 1.807) is 13.0 Å². The predicted molar refractivity (Wildman–Crippen MR) is 235 cm³/mol. The molecule has 0 amide bonds. The van der Waals surface area contributed by atoms with Crippen LogP contribution in [0.1, 0.15) is 142 Å². The second kappa shape index (κ2) is 22.9. The van der Waals surface area contributed by atoms with Gasteiger partial charge in [-0.15, -0.1) is 0 Å². The number of fused-ring (bicyclic) bond motifs is 2.